The lowest BCUT2D eigenvalue weighted by Gasteiger charge is -2.30. The Morgan fingerprint density at radius 1 is 1.42 bits per heavy atom. The molecule has 1 atom stereocenters. The molecule has 2 aromatic heterocycles. The average molecular weight is 262 g/mol. The Hall–Kier alpha value is -2.02. The molecule has 3 heterocycles. The third kappa shape index (κ3) is 2.55. The summed E-state index contributed by atoms with van der Waals surface area (Å²) in [6.45, 7) is 4.75. The predicted molar refractivity (Wildman–Crippen MR) is 69.2 cm³/mol. The van der Waals surface area contributed by atoms with Gasteiger partial charge in [0, 0.05) is 37.4 Å². The Labute approximate surface area is 110 Å². The molecule has 6 nitrogen and oxygen atoms in total. The van der Waals surface area contributed by atoms with E-state index in [2.05, 4.69) is 37.3 Å². The number of anilines is 1. The summed E-state index contributed by atoms with van der Waals surface area (Å²) in [4.78, 5) is 10.3. The third-order valence-corrected chi connectivity index (χ3v) is 3.10. The zero-order chi connectivity index (χ0) is 13.2. The highest BCUT2D eigenvalue weighted by Crippen LogP contribution is 2.18. The van der Waals surface area contributed by atoms with Gasteiger partial charge >= 0.3 is 0 Å². The van der Waals surface area contributed by atoms with E-state index in [0.717, 1.165) is 19.6 Å². The third-order valence-electron chi connectivity index (χ3n) is 3.10. The minimum Gasteiger partial charge on any atom is -0.337 e. The predicted octanol–water partition coefficient (Wildman–Crippen LogP) is 0.804. The Morgan fingerprint density at radius 2 is 2.32 bits per heavy atom. The number of hydrogen-bond donors (Lipinski definition) is 2. The minimum atomic E-state index is -0.383. The standard InChI is InChI=1S/C12H15FN6/c1-8-7-19(3-2-15-8)12-16-11(17-18-12)9-4-10(13)6-14-5-9/h4-6,8,15H,2-3,7H2,1H3,(H,16,17,18). The topological polar surface area (TPSA) is 69.7 Å². The zero-order valence-corrected chi connectivity index (χ0v) is 10.6. The van der Waals surface area contributed by atoms with Crippen LogP contribution in [0, 0.1) is 5.82 Å². The molecule has 0 aromatic carbocycles. The first-order valence-electron chi connectivity index (χ1n) is 6.24. The summed E-state index contributed by atoms with van der Waals surface area (Å²) < 4.78 is 13.1. The van der Waals surface area contributed by atoms with Crippen LogP contribution in [0.25, 0.3) is 11.4 Å². The Kier molecular flexibility index (Phi) is 3.12. The molecular formula is C12H15FN6. The fourth-order valence-electron chi connectivity index (χ4n) is 2.18. The number of halogens is 1. The van der Waals surface area contributed by atoms with Gasteiger partial charge in [-0.05, 0) is 13.0 Å². The summed E-state index contributed by atoms with van der Waals surface area (Å²) in [5.41, 5.74) is 0.599. The van der Waals surface area contributed by atoms with Crippen LogP contribution >= 0.6 is 0 Å². The van der Waals surface area contributed by atoms with Crippen LogP contribution in [0.15, 0.2) is 18.5 Å². The van der Waals surface area contributed by atoms with Gasteiger partial charge in [0.05, 0.1) is 6.20 Å². The van der Waals surface area contributed by atoms with E-state index in [4.69, 9.17) is 0 Å². The van der Waals surface area contributed by atoms with Crippen LogP contribution < -0.4 is 10.2 Å². The van der Waals surface area contributed by atoms with Crippen molar-refractivity contribution >= 4 is 5.95 Å². The molecule has 0 radical (unpaired) electrons. The van der Waals surface area contributed by atoms with Crippen molar-refractivity contribution in [3.05, 3.63) is 24.3 Å². The molecule has 3 rings (SSSR count). The SMILES string of the molecule is CC1CN(c2n[nH]c(-c3cncc(F)c3)n2)CCN1. The second-order valence-electron chi connectivity index (χ2n) is 4.68. The fraction of sp³-hybridized carbons (Fsp3) is 0.417. The zero-order valence-electron chi connectivity index (χ0n) is 10.6. The molecule has 1 fully saturated rings. The number of rotatable bonds is 2. The van der Waals surface area contributed by atoms with E-state index < -0.39 is 0 Å². The second-order valence-corrected chi connectivity index (χ2v) is 4.68. The molecule has 7 heteroatoms. The van der Waals surface area contributed by atoms with Crippen molar-refractivity contribution in [3.8, 4) is 11.4 Å². The number of pyridine rings is 1. The summed E-state index contributed by atoms with van der Waals surface area (Å²) in [6.07, 6.45) is 2.73. The molecule has 1 unspecified atom stereocenters. The highest BCUT2D eigenvalue weighted by molar-refractivity contribution is 5.54. The number of nitrogens with one attached hydrogen (secondary N) is 2. The van der Waals surface area contributed by atoms with Crippen molar-refractivity contribution < 1.29 is 4.39 Å². The van der Waals surface area contributed by atoms with E-state index >= 15 is 0 Å². The summed E-state index contributed by atoms with van der Waals surface area (Å²) in [5, 5.41) is 10.4. The van der Waals surface area contributed by atoms with Crippen molar-refractivity contribution in [3.63, 3.8) is 0 Å². The molecule has 1 aliphatic rings. The molecule has 0 spiro atoms. The van der Waals surface area contributed by atoms with Gasteiger partial charge in [-0.3, -0.25) is 10.1 Å². The van der Waals surface area contributed by atoms with Gasteiger partial charge in [0.1, 0.15) is 5.82 Å². The smallest absolute Gasteiger partial charge is 0.245 e. The molecule has 0 amide bonds. The Bertz CT molecular complexity index is 569. The van der Waals surface area contributed by atoms with E-state index in [9.17, 15) is 4.39 Å². The molecule has 0 aliphatic carbocycles. The fourth-order valence-corrected chi connectivity index (χ4v) is 2.18. The first-order valence-corrected chi connectivity index (χ1v) is 6.24. The molecule has 2 aromatic rings. The highest BCUT2D eigenvalue weighted by Gasteiger charge is 2.19. The van der Waals surface area contributed by atoms with Gasteiger partial charge in [-0.1, -0.05) is 0 Å². The molecule has 19 heavy (non-hydrogen) atoms. The van der Waals surface area contributed by atoms with Crippen LogP contribution in [0.4, 0.5) is 10.3 Å². The van der Waals surface area contributed by atoms with E-state index in [-0.39, 0.29) is 5.82 Å². The number of nitrogens with zero attached hydrogens (tertiary/aromatic N) is 4. The summed E-state index contributed by atoms with van der Waals surface area (Å²) >= 11 is 0. The van der Waals surface area contributed by atoms with E-state index in [1.807, 2.05) is 0 Å². The van der Waals surface area contributed by atoms with Crippen molar-refractivity contribution in [2.75, 3.05) is 24.5 Å². The number of piperazine rings is 1. The largest absolute Gasteiger partial charge is 0.337 e. The molecule has 2 N–H and O–H groups in total. The molecule has 100 valence electrons. The average Bonchev–Trinajstić information content (AvgIpc) is 2.88. The van der Waals surface area contributed by atoms with Crippen LogP contribution in [0.2, 0.25) is 0 Å². The normalized spacial score (nSPS) is 19.7. The van der Waals surface area contributed by atoms with Crippen molar-refractivity contribution in [1.29, 1.82) is 0 Å². The number of aromatic nitrogens is 4. The maximum Gasteiger partial charge on any atom is 0.245 e. The van der Waals surface area contributed by atoms with Crippen LogP contribution in [0.5, 0.6) is 0 Å². The van der Waals surface area contributed by atoms with E-state index in [1.54, 1.807) is 6.20 Å². The lowest BCUT2D eigenvalue weighted by atomic mass is 10.2. The molecule has 1 aliphatic heterocycles. The number of hydrogen-bond acceptors (Lipinski definition) is 5. The van der Waals surface area contributed by atoms with Crippen molar-refractivity contribution in [2.45, 2.75) is 13.0 Å². The molecular weight excluding hydrogens is 247 g/mol. The van der Waals surface area contributed by atoms with Gasteiger partial charge in [-0.2, -0.15) is 4.98 Å². The van der Waals surface area contributed by atoms with Gasteiger partial charge in [0.25, 0.3) is 0 Å². The lowest BCUT2D eigenvalue weighted by molar-refractivity contribution is 0.480. The van der Waals surface area contributed by atoms with Gasteiger partial charge in [0.2, 0.25) is 5.95 Å². The Balaban J connectivity index is 1.83. The van der Waals surface area contributed by atoms with Gasteiger partial charge < -0.3 is 10.2 Å². The highest BCUT2D eigenvalue weighted by atomic mass is 19.1. The minimum absolute atomic E-state index is 0.383. The molecule has 0 bridgehead atoms. The molecule has 1 saturated heterocycles. The van der Waals surface area contributed by atoms with Crippen molar-refractivity contribution in [2.24, 2.45) is 0 Å². The first kappa shape index (κ1) is 12.0. The number of aromatic amines is 1. The Morgan fingerprint density at radius 3 is 3.11 bits per heavy atom. The maximum absolute atomic E-state index is 13.1. The summed E-state index contributed by atoms with van der Waals surface area (Å²) in [5.74, 6) is 0.798. The van der Waals surface area contributed by atoms with Crippen molar-refractivity contribution in [1.82, 2.24) is 25.5 Å². The molecule has 0 saturated carbocycles. The van der Waals surface area contributed by atoms with Crippen LogP contribution in [-0.4, -0.2) is 45.8 Å². The van der Waals surface area contributed by atoms with Crippen LogP contribution in [0.3, 0.4) is 0 Å². The maximum atomic E-state index is 13.1. The monoisotopic (exact) mass is 262 g/mol. The quantitative estimate of drug-likeness (QED) is 0.838. The number of H-pyrrole nitrogens is 1. The van der Waals surface area contributed by atoms with Crippen LogP contribution in [-0.2, 0) is 0 Å². The van der Waals surface area contributed by atoms with Gasteiger partial charge in [0.15, 0.2) is 5.82 Å². The second kappa shape index (κ2) is 4.93. The van der Waals surface area contributed by atoms with Gasteiger partial charge in [-0.15, -0.1) is 5.10 Å². The van der Waals surface area contributed by atoms with Crippen LogP contribution in [0.1, 0.15) is 6.92 Å². The first-order chi connectivity index (χ1) is 9.22. The van der Waals surface area contributed by atoms with Gasteiger partial charge in [-0.25, -0.2) is 4.39 Å². The summed E-state index contributed by atoms with van der Waals surface area (Å²) in [6, 6.07) is 1.80. The van der Waals surface area contributed by atoms with E-state index in [1.165, 1.54) is 12.3 Å². The summed E-state index contributed by atoms with van der Waals surface area (Å²) in [7, 11) is 0. The lowest BCUT2D eigenvalue weighted by Crippen LogP contribution is -2.49. The van der Waals surface area contributed by atoms with E-state index in [0.29, 0.717) is 23.4 Å².